The van der Waals surface area contributed by atoms with Crippen LogP contribution in [0.4, 0.5) is 4.39 Å². The van der Waals surface area contributed by atoms with Crippen LogP contribution in [0.5, 0.6) is 0 Å². The lowest BCUT2D eigenvalue weighted by Gasteiger charge is -1.99. The van der Waals surface area contributed by atoms with Crippen molar-refractivity contribution in [3.63, 3.8) is 0 Å². The van der Waals surface area contributed by atoms with Crippen LogP contribution in [0.3, 0.4) is 0 Å². The first-order chi connectivity index (χ1) is 8.24. The van der Waals surface area contributed by atoms with Crippen molar-refractivity contribution >= 4 is 11.0 Å². The van der Waals surface area contributed by atoms with Crippen molar-refractivity contribution in [1.29, 1.82) is 0 Å². The molecule has 3 heterocycles. The standard InChI is InChI=1S/C10H7FN6/c1-6-2-9-8(5-12-6)15-16-17(9)10-13-3-7(11)4-14-10/h2-5H,1H3. The SMILES string of the molecule is Cc1cc2c(cn1)nnn2-c1ncc(F)cn1. The smallest absolute Gasteiger partial charge is 0.252 e. The number of hydrogen-bond donors (Lipinski definition) is 0. The maximum atomic E-state index is 12.7. The third-order valence-corrected chi connectivity index (χ3v) is 2.26. The Morgan fingerprint density at radius 2 is 1.88 bits per heavy atom. The molecule has 3 aromatic rings. The number of aromatic nitrogens is 6. The van der Waals surface area contributed by atoms with Crippen molar-refractivity contribution in [2.45, 2.75) is 6.92 Å². The van der Waals surface area contributed by atoms with Gasteiger partial charge in [-0.25, -0.2) is 14.4 Å². The van der Waals surface area contributed by atoms with Gasteiger partial charge in [-0.1, -0.05) is 5.21 Å². The molecule has 17 heavy (non-hydrogen) atoms. The lowest BCUT2D eigenvalue weighted by atomic mass is 10.3. The number of halogens is 1. The van der Waals surface area contributed by atoms with Gasteiger partial charge in [0, 0.05) is 5.69 Å². The largest absolute Gasteiger partial charge is 0.259 e. The van der Waals surface area contributed by atoms with E-state index < -0.39 is 5.82 Å². The molecule has 0 aliphatic rings. The van der Waals surface area contributed by atoms with E-state index in [0.717, 1.165) is 23.6 Å². The van der Waals surface area contributed by atoms with Gasteiger partial charge in [-0.2, -0.15) is 4.68 Å². The molecule has 0 spiro atoms. The van der Waals surface area contributed by atoms with Gasteiger partial charge in [0.05, 0.1) is 18.6 Å². The normalized spacial score (nSPS) is 10.9. The number of aryl methyl sites for hydroxylation is 1. The minimum absolute atomic E-state index is 0.277. The Hall–Kier alpha value is -2.44. The third-order valence-electron chi connectivity index (χ3n) is 2.26. The molecule has 3 rings (SSSR count). The van der Waals surface area contributed by atoms with Crippen LogP contribution in [0.25, 0.3) is 17.0 Å². The zero-order valence-electron chi connectivity index (χ0n) is 8.87. The average Bonchev–Trinajstić information content (AvgIpc) is 2.73. The maximum Gasteiger partial charge on any atom is 0.252 e. The topological polar surface area (TPSA) is 69.4 Å². The predicted molar refractivity (Wildman–Crippen MR) is 56.9 cm³/mol. The summed E-state index contributed by atoms with van der Waals surface area (Å²) in [6.45, 7) is 1.86. The predicted octanol–water partition coefficient (Wildman–Crippen LogP) is 1.05. The van der Waals surface area contributed by atoms with E-state index >= 15 is 0 Å². The molecule has 0 aliphatic carbocycles. The van der Waals surface area contributed by atoms with Crippen molar-refractivity contribution in [2.24, 2.45) is 0 Å². The molecule has 7 heteroatoms. The van der Waals surface area contributed by atoms with Gasteiger partial charge < -0.3 is 0 Å². The van der Waals surface area contributed by atoms with Crippen LogP contribution in [0, 0.1) is 12.7 Å². The molecular formula is C10H7FN6. The Labute approximate surface area is 95.2 Å². The third kappa shape index (κ3) is 1.61. The van der Waals surface area contributed by atoms with Crippen molar-refractivity contribution in [3.05, 3.63) is 36.2 Å². The summed E-state index contributed by atoms with van der Waals surface area (Å²) < 4.78 is 14.2. The van der Waals surface area contributed by atoms with Gasteiger partial charge >= 0.3 is 0 Å². The summed E-state index contributed by atoms with van der Waals surface area (Å²) in [5, 5.41) is 7.85. The van der Waals surface area contributed by atoms with E-state index in [1.165, 1.54) is 4.68 Å². The van der Waals surface area contributed by atoms with E-state index in [-0.39, 0.29) is 5.95 Å². The highest BCUT2D eigenvalue weighted by Gasteiger charge is 2.09. The van der Waals surface area contributed by atoms with Crippen LogP contribution >= 0.6 is 0 Å². The molecule has 0 radical (unpaired) electrons. The van der Waals surface area contributed by atoms with Crippen LogP contribution in [0.2, 0.25) is 0 Å². The first kappa shape index (κ1) is 9.76. The van der Waals surface area contributed by atoms with Gasteiger partial charge in [0.25, 0.3) is 5.95 Å². The molecular weight excluding hydrogens is 223 g/mol. The summed E-state index contributed by atoms with van der Waals surface area (Å²) in [6.07, 6.45) is 3.80. The molecule has 0 fully saturated rings. The summed E-state index contributed by atoms with van der Waals surface area (Å²) >= 11 is 0. The van der Waals surface area contributed by atoms with E-state index in [1.807, 2.05) is 13.0 Å². The minimum atomic E-state index is -0.490. The fraction of sp³-hybridized carbons (Fsp3) is 0.100. The van der Waals surface area contributed by atoms with E-state index in [1.54, 1.807) is 6.20 Å². The molecule has 6 nitrogen and oxygen atoms in total. The van der Waals surface area contributed by atoms with Gasteiger partial charge in [-0.3, -0.25) is 4.98 Å². The van der Waals surface area contributed by atoms with Crippen LogP contribution in [-0.2, 0) is 0 Å². The highest BCUT2D eigenvalue weighted by molar-refractivity contribution is 5.74. The van der Waals surface area contributed by atoms with Gasteiger partial charge in [0.1, 0.15) is 11.0 Å². The van der Waals surface area contributed by atoms with Crippen molar-refractivity contribution in [1.82, 2.24) is 29.9 Å². The number of fused-ring (bicyclic) bond motifs is 1. The molecule has 0 aromatic carbocycles. The van der Waals surface area contributed by atoms with Crippen molar-refractivity contribution in [3.8, 4) is 5.95 Å². The summed E-state index contributed by atoms with van der Waals surface area (Å²) in [6, 6.07) is 1.82. The van der Waals surface area contributed by atoms with Crippen LogP contribution < -0.4 is 0 Å². The molecule has 0 atom stereocenters. The van der Waals surface area contributed by atoms with Crippen LogP contribution in [0.1, 0.15) is 5.69 Å². The quantitative estimate of drug-likeness (QED) is 0.625. The van der Waals surface area contributed by atoms with Gasteiger partial charge in [-0.15, -0.1) is 5.10 Å². The Morgan fingerprint density at radius 3 is 2.65 bits per heavy atom. The fourth-order valence-corrected chi connectivity index (χ4v) is 1.49. The number of rotatable bonds is 1. The van der Waals surface area contributed by atoms with Gasteiger partial charge in [-0.05, 0) is 13.0 Å². The molecule has 0 saturated carbocycles. The minimum Gasteiger partial charge on any atom is -0.259 e. The molecule has 84 valence electrons. The molecule has 0 amide bonds. The fourth-order valence-electron chi connectivity index (χ4n) is 1.49. The first-order valence-corrected chi connectivity index (χ1v) is 4.90. The number of nitrogens with zero attached hydrogens (tertiary/aromatic N) is 6. The van der Waals surface area contributed by atoms with Crippen LogP contribution in [-0.4, -0.2) is 29.9 Å². The van der Waals surface area contributed by atoms with E-state index in [2.05, 4.69) is 25.3 Å². The summed E-state index contributed by atoms with van der Waals surface area (Å²) in [4.78, 5) is 11.8. The first-order valence-electron chi connectivity index (χ1n) is 4.90. The Bertz CT molecular complexity index is 675. The van der Waals surface area contributed by atoms with Crippen molar-refractivity contribution < 1.29 is 4.39 Å². The molecule has 0 saturated heterocycles. The Morgan fingerprint density at radius 1 is 1.12 bits per heavy atom. The molecule has 0 N–H and O–H groups in total. The zero-order valence-corrected chi connectivity index (χ0v) is 8.87. The summed E-state index contributed by atoms with van der Waals surface area (Å²) in [5.74, 6) is -0.212. The van der Waals surface area contributed by atoms with E-state index in [4.69, 9.17) is 0 Å². The lowest BCUT2D eigenvalue weighted by Crippen LogP contribution is -2.03. The highest BCUT2D eigenvalue weighted by atomic mass is 19.1. The zero-order chi connectivity index (χ0) is 11.8. The lowest BCUT2D eigenvalue weighted by molar-refractivity contribution is 0.608. The number of hydrogen-bond acceptors (Lipinski definition) is 5. The second-order valence-electron chi connectivity index (χ2n) is 3.52. The molecule has 0 bridgehead atoms. The Kier molecular flexibility index (Phi) is 2.04. The molecule has 3 aromatic heterocycles. The van der Waals surface area contributed by atoms with Crippen molar-refractivity contribution in [2.75, 3.05) is 0 Å². The summed E-state index contributed by atoms with van der Waals surface area (Å²) in [5.41, 5.74) is 2.22. The maximum absolute atomic E-state index is 12.7. The second-order valence-corrected chi connectivity index (χ2v) is 3.52. The average molecular weight is 230 g/mol. The molecule has 0 unspecified atom stereocenters. The van der Waals surface area contributed by atoms with Crippen LogP contribution in [0.15, 0.2) is 24.7 Å². The molecule has 0 aliphatic heterocycles. The number of pyridine rings is 1. The van der Waals surface area contributed by atoms with Gasteiger partial charge in [0.2, 0.25) is 0 Å². The Balaban J connectivity index is 2.23. The monoisotopic (exact) mass is 230 g/mol. The van der Waals surface area contributed by atoms with Gasteiger partial charge in [0.15, 0.2) is 5.82 Å². The van der Waals surface area contributed by atoms with E-state index in [9.17, 15) is 4.39 Å². The van der Waals surface area contributed by atoms with E-state index in [0.29, 0.717) is 5.52 Å². The summed E-state index contributed by atoms with van der Waals surface area (Å²) in [7, 11) is 0. The second kappa shape index (κ2) is 3.55. The highest BCUT2D eigenvalue weighted by Crippen LogP contribution is 2.13.